The van der Waals surface area contributed by atoms with E-state index in [9.17, 15) is 29.6 Å². The average molecular weight is 718 g/mol. The standard InChI is InChI=1S/C25H24FN5O7S2.HI/c1-11-16(20-23(39-3)29-10-28(8-15(27)33)21(26)24(29)40-20)19(30-18(11)17(12(2)32)22(30)34)25(35)38-9-13-4-6-14(7-5-13)31(36)37;/h4-7,10-12,17-18,32H,8-9H2,1-3H3,(H-,27,33);1H/t11-,12+,17+,18+;/m0./s1. The Kier molecular flexibility index (Phi) is 8.77. The molecule has 3 aromatic rings. The molecule has 218 valence electrons. The lowest BCUT2D eigenvalue weighted by Crippen LogP contribution is -3.00. The number of halogens is 2. The minimum atomic E-state index is -0.947. The third-order valence-corrected chi connectivity index (χ3v) is 9.25. The number of nitro groups is 1. The summed E-state index contributed by atoms with van der Waals surface area (Å²) in [6, 6.07) is 5.04. The van der Waals surface area contributed by atoms with Gasteiger partial charge in [-0.15, -0.1) is 0 Å². The fraction of sp³-hybridized carbons (Fsp3) is 0.360. The Morgan fingerprint density at radius 3 is 2.56 bits per heavy atom. The van der Waals surface area contributed by atoms with Gasteiger partial charge in [-0.05, 0) is 30.9 Å². The number of non-ortho nitro benzene ring substituents is 1. The lowest BCUT2D eigenvalue weighted by Gasteiger charge is -2.46. The molecule has 2 aliphatic heterocycles. The van der Waals surface area contributed by atoms with E-state index in [0.717, 1.165) is 15.9 Å². The summed E-state index contributed by atoms with van der Waals surface area (Å²) in [5.41, 5.74) is 6.17. The Morgan fingerprint density at radius 2 is 2.00 bits per heavy atom. The van der Waals surface area contributed by atoms with E-state index in [2.05, 4.69) is 0 Å². The number of carbonyl (C=O) groups is 3. The molecule has 2 amide bonds. The highest BCUT2D eigenvalue weighted by Gasteiger charge is 2.61. The van der Waals surface area contributed by atoms with Crippen molar-refractivity contribution in [2.45, 2.75) is 44.2 Å². The van der Waals surface area contributed by atoms with E-state index in [4.69, 9.17) is 10.5 Å². The van der Waals surface area contributed by atoms with Crippen LogP contribution in [0, 0.1) is 27.9 Å². The van der Waals surface area contributed by atoms with Crippen molar-refractivity contribution >= 4 is 57.0 Å². The maximum Gasteiger partial charge on any atom is 0.355 e. The molecule has 0 unspecified atom stereocenters. The van der Waals surface area contributed by atoms with Gasteiger partial charge in [-0.25, -0.2) is 4.79 Å². The molecule has 1 saturated heterocycles. The second-order valence-electron chi connectivity index (χ2n) is 9.63. The van der Waals surface area contributed by atoms with Crippen molar-refractivity contribution in [3.8, 4) is 0 Å². The highest BCUT2D eigenvalue weighted by molar-refractivity contribution is 7.98. The molecule has 1 fully saturated rings. The number of aromatic nitrogens is 2. The summed E-state index contributed by atoms with van der Waals surface area (Å²) in [6.45, 7) is 2.82. The summed E-state index contributed by atoms with van der Waals surface area (Å²) >= 11 is 2.37. The summed E-state index contributed by atoms with van der Waals surface area (Å²) in [5, 5.41) is 21.8. The van der Waals surface area contributed by atoms with Gasteiger partial charge in [0.15, 0.2) is 11.6 Å². The summed E-state index contributed by atoms with van der Waals surface area (Å²) < 4.78 is 23.5. The number of benzene rings is 1. The second-order valence-corrected chi connectivity index (χ2v) is 11.4. The molecule has 5 rings (SSSR count). The minimum Gasteiger partial charge on any atom is -1.00 e. The number of imidazole rings is 1. The zero-order chi connectivity index (χ0) is 29.0. The average Bonchev–Trinajstić information content (AvgIpc) is 3.48. The highest BCUT2D eigenvalue weighted by Crippen LogP contribution is 2.53. The number of ether oxygens (including phenoxy) is 1. The van der Waals surface area contributed by atoms with Crippen LogP contribution in [0.2, 0.25) is 0 Å². The zero-order valence-corrected chi connectivity index (χ0v) is 25.7. The molecule has 1 aromatic carbocycles. The number of aliphatic hydroxyl groups excluding tert-OH is 1. The maximum absolute atomic E-state index is 15.2. The van der Waals surface area contributed by atoms with Gasteiger partial charge < -0.3 is 44.5 Å². The molecule has 0 aliphatic carbocycles. The van der Waals surface area contributed by atoms with Gasteiger partial charge in [0.2, 0.25) is 5.91 Å². The van der Waals surface area contributed by atoms with Gasteiger partial charge in [-0.3, -0.25) is 19.7 Å². The second kappa shape index (κ2) is 11.7. The molecule has 16 heteroatoms. The van der Waals surface area contributed by atoms with Crippen LogP contribution in [0.1, 0.15) is 24.3 Å². The van der Waals surface area contributed by atoms with Crippen LogP contribution in [-0.2, 0) is 32.3 Å². The van der Waals surface area contributed by atoms with Gasteiger partial charge in [-0.2, -0.15) is 13.4 Å². The van der Waals surface area contributed by atoms with E-state index < -0.39 is 52.6 Å². The lowest BCUT2D eigenvalue weighted by atomic mass is 9.77. The number of hydrogen-bond donors (Lipinski definition) is 2. The molecule has 41 heavy (non-hydrogen) atoms. The fourth-order valence-corrected chi connectivity index (χ4v) is 7.65. The smallest absolute Gasteiger partial charge is 0.355 e. The van der Waals surface area contributed by atoms with Crippen molar-refractivity contribution in [3.05, 3.63) is 62.8 Å². The number of hydrogen-bond acceptors (Lipinski definition) is 9. The van der Waals surface area contributed by atoms with Crippen LogP contribution in [0.5, 0.6) is 0 Å². The van der Waals surface area contributed by atoms with E-state index in [0.29, 0.717) is 21.0 Å². The van der Waals surface area contributed by atoms with Crippen molar-refractivity contribution in [2.75, 3.05) is 6.26 Å². The predicted molar refractivity (Wildman–Crippen MR) is 141 cm³/mol. The van der Waals surface area contributed by atoms with Crippen molar-refractivity contribution in [1.82, 2.24) is 9.47 Å². The molecule has 0 radical (unpaired) electrons. The van der Waals surface area contributed by atoms with Crippen LogP contribution in [-0.4, -0.2) is 55.7 Å². The normalized spacial score (nSPS) is 20.5. The van der Waals surface area contributed by atoms with E-state index in [1.807, 2.05) is 6.92 Å². The SMILES string of the molecule is CSc1c(C2=C(C(=O)OCc3ccc([N+](=O)[O-])cc3)N3C(=O)[C@H]([C@@H](C)O)[C@H]3[C@H]2C)sc2c(F)n(CC(N)=O)c[n+]12.[I-]. The lowest BCUT2D eigenvalue weighted by molar-refractivity contribution is -0.551. The van der Waals surface area contributed by atoms with Crippen LogP contribution < -0.4 is 34.1 Å². The van der Waals surface area contributed by atoms with Crippen LogP contribution in [0.15, 0.2) is 41.3 Å². The van der Waals surface area contributed by atoms with Gasteiger partial charge in [0.25, 0.3) is 22.8 Å². The Labute approximate surface area is 258 Å². The highest BCUT2D eigenvalue weighted by atomic mass is 127. The largest absolute Gasteiger partial charge is 1.00 e. The third kappa shape index (κ3) is 5.10. The van der Waals surface area contributed by atoms with E-state index in [-0.39, 0.29) is 53.3 Å². The molecule has 4 atom stereocenters. The van der Waals surface area contributed by atoms with Crippen LogP contribution >= 0.6 is 23.1 Å². The van der Waals surface area contributed by atoms with Gasteiger partial charge in [0, 0.05) is 23.6 Å². The van der Waals surface area contributed by atoms with Gasteiger partial charge in [-0.1, -0.05) is 30.0 Å². The van der Waals surface area contributed by atoms with Crippen molar-refractivity contribution < 1.29 is 61.9 Å². The molecule has 2 aliphatic rings. The van der Waals surface area contributed by atoms with Gasteiger partial charge in [0.05, 0.1) is 27.9 Å². The number of amides is 2. The van der Waals surface area contributed by atoms with E-state index >= 15 is 4.39 Å². The minimum absolute atomic E-state index is 0. The summed E-state index contributed by atoms with van der Waals surface area (Å²) in [7, 11) is 0. The first-order valence-electron chi connectivity index (χ1n) is 12.2. The number of primary amides is 1. The van der Waals surface area contributed by atoms with Crippen LogP contribution in [0.3, 0.4) is 0 Å². The number of thioether (sulfide) groups is 1. The predicted octanol–water partition coefficient (Wildman–Crippen LogP) is -1.14. The van der Waals surface area contributed by atoms with Gasteiger partial charge in [0.1, 0.15) is 12.3 Å². The number of nitrogens with two attached hydrogens (primary N) is 1. The molecule has 3 N–H and O–H groups in total. The van der Waals surface area contributed by atoms with E-state index in [1.165, 1.54) is 54.2 Å². The Bertz CT molecular complexity index is 1600. The number of rotatable bonds is 9. The first-order valence-corrected chi connectivity index (χ1v) is 14.2. The van der Waals surface area contributed by atoms with Crippen molar-refractivity contribution in [3.63, 3.8) is 0 Å². The molecular formula is C25H25FIN5O7S2. The third-order valence-electron chi connectivity index (χ3n) is 7.16. The Hall–Kier alpha value is -3.09. The molecule has 4 heterocycles. The number of esters is 1. The maximum atomic E-state index is 15.2. The molecule has 0 saturated carbocycles. The quantitative estimate of drug-likeness (QED) is 0.0535. The van der Waals surface area contributed by atoms with Crippen molar-refractivity contribution in [1.29, 1.82) is 0 Å². The molecule has 2 aromatic heterocycles. The Morgan fingerprint density at radius 1 is 1.34 bits per heavy atom. The number of carbonyl (C=O) groups excluding carboxylic acids is 3. The Balaban J connectivity index is 0.00000387. The topological polar surface area (TPSA) is 162 Å². The van der Waals surface area contributed by atoms with E-state index in [1.54, 1.807) is 10.7 Å². The first-order chi connectivity index (χ1) is 19.0. The van der Waals surface area contributed by atoms with Crippen LogP contribution in [0.4, 0.5) is 10.1 Å². The number of fused-ring (bicyclic) bond motifs is 2. The number of β-lactam (4-membered cyclic amide) rings is 1. The summed E-state index contributed by atoms with van der Waals surface area (Å²) in [4.78, 5) is 50.6. The van der Waals surface area contributed by atoms with Crippen molar-refractivity contribution in [2.24, 2.45) is 17.6 Å². The first kappa shape index (κ1) is 30.9. The van der Waals surface area contributed by atoms with Crippen LogP contribution in [0.25, 0.3) is 10.4 Å². The summed E-state index contributed by atoms with van der Waals surface area (Å²) in [5.74, 6) is -3.68. The van der Waals surface area contributed by atoms with Gasteiger partial charge >= 0.3 is 11.9 Å². The number of thiazole rings is 1. The number of nitrogens with zero attached hydrogens (tertiary/aromatic N) is 4. The number of aliphatic hydroxyl groups is 1. The fourth-order valence-electron chi connectivity index (χ4n) is 5.38. The molecule has 0 spiro atoms. The molecule has 12 nitrogen and oxygen atoms in total. The summed E-state index contributed by atoms with van der Waals surface area (Å²) in [6.07, 6.45) is 2.26. The monoisotopic (exact) mass is 717 g/mol. The number of nitro benzene ring substituents is 1. The molecule has 0 bridgehead atoms. The molecular weight excluding hydrogens is 692 g/mol. The zero-order valence-electron chi connectivity index (χ0n) is 21.9.